The van der Waals surface area contributed by atoms with Crippen molar-refractivity contribution in [1.29, 1.82) is 5.26 Å². The summed E-state index contributed by atoms with van der Waals surface area (Å²) in [7, 11) is 1.66. The van der Waals surface area contributed by atoms with E-state index in [0.29, 0.717) is 25.5 Å². The Balaban J connectivity index is 1.87. The van der Waals surface area contributed by atoms with Crippen LogP contribution in [-0.2, 0) is 12.8 Å². The van der Waals surface area contributed by atoms with E-state index in [1.807, 2.05) is 54.7 Å². The zero-order valence-corrected chi connectivity index (χ0v) is 14.9. The minimum Gasteiger partial charge on any atom is -0.496 e. The number of methoxy groups -OCH3 is 1. The molecule has 0 fully saturated rings. The lowest BCUT2D eigenvalue weighted by molar-refractivity contribution is 0.409. The van der Waals surface area contributed by atoms with Gasteiger partial charge in [-0.15, -0.1) is 0 Å². The van der Waals surface area contributed by atoms with E-state index in [9.17, 15) is 0 Å². The van der Waals surface area contributed by atoms with Gasteiger partial charge in [-0.3, -0.25) is 10.3 Å². The molecule has 130 valence electrons. The highest BCUT2D eigenvalue weighted by Crippen LogP contribution is 2.17. The molecule has 0 saturated carbocycles. The molecule has 0 heterocycles. The van der Waals surface area contributed by atoms with Gasteiger partial charge in [-0.05, 0) is 36.1 Å². The van der Waals surface area contributed by atoms with Crippen LogP contribution in [0.5, 0.6) is 5.75 Å². The van der Waals surface area contributed by atoms with E-state index < -0.39 is 0 Å². The third-order valence-corrected chi connectivity index (χ3v) is 4.03. The maximum Gasteiger partial charge on any atom is 0.204 e. The SMILES string of the molecule is COc1ccccc1CCNC(=NCCc1ccccc1Cl)NC#N. The molecule has 0 aliphatic carbocycles. The fraction of sp³-hybridized carbons (Fsp3) is 0.263. The number of rotatable bonds is 7. The topological polar surface area (TPSA) is 69.4 Å². The van der Waals surface area contributed by atoms with E-state index in [0.717, 1.165) is 28.3 Å². The van der Waals surface area contributed by atoms with Crippen molar-refractivity contribution in [3.05, 3.63) is 64.7 Å². The second-order valence-electron chi connectivity index (χ2n) is 5.30. The lowest BCUT2D eigenvalue weighted by atomic mass is 10.1. The van der Waals surface area contributed by atoms with Crippen LogP contribution in [0.25, 0.3) is 0 Å². The van der Waals surface area contributed by atoms with E-state index in [1.165, 1.54) is 0 Å². The lowest BCUT2D eigenvalue weighted by Gasteiger charge is -2.10. The first-order chi connectivity index (χ1) is 12.2. The summed E-state index contributed by atoms with van der Waals surface area (Å²) in [5.74, 6) is 1.32. The number of aliphatic imine (C=N–C) groups is 1. The Bertz CT molecular complexity index is 755. The standard InChI is InChI=1S/C19H21ClN4O/c1-25-18-9-5-3-7-16(18)11-13-23-19(24-14-21)22-12-10-15-6-2-4-8-17(15)20/h2-9H,10-13H2,1H3,(H2,22,23,24). The van der Waals surface area contributed by atoms with Gasteiger partial charge in [-0.2, -0.15) is 5.26 Å². The summed E-state index contributed by atoms with van der Waals surface area (Å²) < 4.78 is 5.34. The Kier molecular flexibility index (Phi) is 7.61. The molecule has 0 spiro atoms. The maximum atomic E-state index is 8.87. The Morgan fingerprint density at radius 2 is 1.84 bits per heavy atom. The fourth-order valence-electron chi connectivity index (χ4n) is 2.41. The Labute approximate surface area is 153 Å². The van der Waals surface area contributed by atoms with Crippen LogP contribution in [-0.4, -0.2) is 26.2 Å². The van der Waals surface area contributed by atoms with E-state index >= 15 is 0 Å². The molecule has 25 heavy (non-hydrogen) atoms. The average Bonchev–Trinajstić information content (AvgIpc) is 2.63. The average molecular weight is 357 g/mol. The highest BCUT2D eigenvalue weighted by molar-refractivity contribution is 6.31. The third kappa shape index (κ3) is 6.02. The van der Waals surface area contributed by atoms with Crippen LogP contribution >= 0.6 is 11.6 Å². The Hall–Kier alpha value is -2.71. The first-order valence-electron chi connectivity index (χ1n) is 8.03. The van der Waals surface area contributed by atoms with Crippen molar-refractivity contribution in [3.63, 3.8) is 0 Å². The number of nitriles is 1. The van der Waals surface area contributed by atoms with Gasteiger partial charge < -0.3 is 10.1 Å². The van der Waals surface area contributed by atoms with Gasteiger partial charge >= 0.3 is 0 Å². The molecule has 0 aromatic heterocycles. The number of benzene rings is 2. The summed E-state index contributed by atoms with van der Waals surface area (Å²) in [4.78, 5) is 4.41. The predicted molar refractivity (Wildman–Crippen MR) is 101 cm³/mol. The van der Waals surface area contributed by atoms with Crippen molar-refractivity contribution in [1.82, 2.24) is 10.6 Å². The Morgan fingerprint density at radius 1 is 1.12 bits per heavy atom. The number of nitrogens with one attached hydrogen (secondary N) is 2. The molecule has 0 aliphatic rings. The molecule has 0 radical (unpaired) electrons. The van der Waals surface area contributed by atoms with Crippen LogP contribution in [0.4, 0.5) is 0 Å². The quantitative estimate of drug-likeness (QED) is 0.346. The smallest absolute Gasteiger partial charge is 0.204 e. The van der Waals surface area contributed by atoms with Gasteiger partial charge in [0.05, 0.1) is 7.11 Å². The summed E-state index contributed by atoms with van der Waals surface area (Å²) >= 11 is 6.14. The van der Waals surface area contributed by atoms with Crippen molar-refractivity contribution >= 4 is 17.6 Å². The zero-order valence-electron chi connectivity index (χ0n) is 14.1. The number of hydrogen-bond acceptors (Lipinski definition) is 3. The lowest BCUT2D eigenvalue weighted by Crippen LogP contribution is -2.36. The molecule has 0 amide bonds. The zero-order chi connectivity index (χ0) is 17.9. The van der Waals surface area contributed by atoms with Crippen LogP contribution in [0.15, 0.2) is 53.5 Å². The molecular formula is C19H21ClN4O. The van der Waals surface area contributed by atoms with Crippen LogP contribution in [0, 0.1) is 11.5 Å². The minimum absolute atomic E-state index is 0.462. The molecule has 0 aliphatic heterocycles. The second-order valence-corrected chi connectivity index (χ2v) is 5.70. The molecule has 2 rings (SSSR count). The molecule has 2 aromatic rings. The van der Waals surface area contributed by atoms with Crippen molar-refractivity contribution in [2.75, 3.05) is 20.2 Å². The monoisotopic (exact) mass is 356 g/mol. The number of nitrogens with zero attached hydrogens (tertiary/aromatic N) is 2. The van der Waals surface area contributed by atoms with Crippen molar-refractivity contribution < 1.29 is 4.74 Å². The molecule has 0 unspecified atom stereocenters. The first kappa shape index (κ1) is 18.6. The highest BCUT2D eigenvalue weighted by atomic mass is 35.5. The van der Waals surface area contributed by atoms with Crippen LogP contribution in [0.1, 0.15) is 11.1 Å². The van der Waals surface area contributed by atoms with E-state index in [1.54, 1.807) is 7.11 Å². The number of guanidine groups is 1. The molecular weight excluding hydrogens is 336 g/mol. The maximum absolute atomic E-state index is 8.87. The fourth-order valence-corrected chi connectivity index (χ4v) is 2.64. The largest absolute Gasteiger partial charge is 0.496 e. The van der Waals surface area contributed by atoms with Crippen LogP contribution in [0.2, 0.25) is 5.02 Å². The molecule has 6 heteroatoms. The first-order valence-corrected chi connectivity index (χ1v) is 8.41. The van der Waals surface area contributed by atoms with Gasteiger partial charge in [0.15, 0.2) is 6.19 Å². The molecule has 0 atom stereocenters. The molecule has 0 saturated heterocycles. The summed E-state index contributed by atoms with van der Waals surface area (Å²) in [6, 6.07) is 15.6. The Morgan fingerprint density at radius 3 is 2.56 bits per heavy atom. The van der Waals surface area contributed by atoms with E-state index in [2.05, 4.69) is 15.6 Å². The number of halogens is 1. The van der Waals surface area contributed by atoms with Gasteiger partial charge in [0.2, 0.25) is 5.96 Å². The summed E-state index contributed by atoms with van der Waals surface area (Å²) in [5, 5.41) is 15.3. The minimum atomic E-state index is 0.462. The normalized spacial score (nSPS) is 10.8. The summed E-state index contributed by atoms with van der Waals surface area (Å²) in [6.07, 6.45) is 3.38. The van der Waals surface area contributed by atoms with Gasteiger partial charge in [-0.1, -0.05) is 48.0 Å². The second kappa shape index (κ2) is 10.2. The summed E-state index contributed by atoms with van der Waals surface area (Å²) in [5.41, 5.74) is 2.14. The number of hydrogen-bond donors (Lipinski definition) is 2. The van der Waals surface area contributed by atoms with Crippen LogP contribution in [0.3, 0.4) is 0 Å². The molecule has 2 N–H and O–H groups in total. The predicted octanol–water partition coefficient (Wildman–Crippen LogP) is 3.15. The van der Waals surface area contributed by atoms with Crippen LogP contribution < -0.4 is 15.4 Å². The molecule has 2 aromatic carbocycles. The third-order valence-electron chi connectivity index (χ3n) is 3.66. The van der Waals surface area contributed by atoms with Gasteiger partial charge in [0.1, 0.15) is 5.75 Å². The summed E-state index contributed by atoms with van der Waals surface area (Å²) in [6.45, 7) is 1.18. The number of para-hydroxylation sites is 1. The number of ether oxygens (including phenoxy) is 1. The van der Waals surface area contributed by atoms with Gasteiger partial charge in [0.25, 0.3) is 0 Å². The van der Waals surface area contributed by atoms with Crippen molar-refractivity contribution in [2.45, 2.75) is 12.8 Å². The molecule has 5 nitrogen and oxygen atoms in total. The van der Waals surface area contributed by atoms with E-state index in [4.69, 9.17) is 21.6 Å². The van der Waals surface area contributed by atoms with Gasteiger partial charge in [-0.25, -0.2) is 0 Å². The molecule has 0 bridgehead atoms. The van der Waals surface area contributed by atoms with E-state index in [-0.39, 0.29) is 0 Å². The van der Waals surface area contributed by atoms with Crippen molar-refractivity contribution in [3.8, 4) is 11.9 Å². The van der Waals surface area contributed by atoms with Gasteiger partial charge in [0, 0.05) is 18.1 Å². The van der Waals surface area contributed by atoms with Crippen molar-refractivity contribution in [2.24, 2.45) is 4.99 Å². The highest BCUT2D eigenvalue weighted by Gasteiger charge is 2.03.